The quantitative estimate of drug-likeness (QED) is 0.170. The Balaban J connectivity index is 0.000000653. The molecule has 3 rings (SSSR count). The SMILES string of the molecule is CC(C)(C)OP(=O)([O-])Oc1ccccc1.CC(C)(C)OP(=O)([O-])Oc1ccccc1.CC(C)(C)OP(=O)([O-])Oc1ccccc1.[Al+3]. The van der Waals surface area contributed by atoms with Crippen LogP contribution >= 0.6 is 23.5 Å². The molecular weight excluding hydrogens is 672 g/mol. The van der Waals surface area contributed by atoms with Gasteiger partial charge in [-0.3, -0.25) is 13.7 Å². The maximum Gasteiger partial charge on any atom is 3.00 e. The summed E-state index contributed by atoms with van der Waals surface area (Å²) in [6, 6.07) is 24.7. The molecule has 0 N–H and O–H groups in total. The number of benzene rings is 3. The Hall–Kier alpha value is -1.96. The zero-order chi connectivity index (χ0) is 34.6. The Kier molecular flexibility index (Phi) is 17.8. The van der Waals surface area contributed by atoms with Crippen molar-refractivity contribution in [3.05, 3.63) is 91.0 Å². The molecule has 3 aromatic carbocycles. The standard InChI is InChI=1S/3C10H15O4P.Al/c3*1-10(2,3)14-15(11,12)13-9-7-5-4-6-8-9;/h3*4-8H,1-3H3,(H,11,12);/q;;;+3/p-3. The van der Waals surface area contributed by atoms with Gasteiger partial charge in [-0.25, -0.2) is 0 Å². The molecule has 46 heavy (non-hydrogen) atoms. The first-order chi connectivity index (χ1) is 20.4. The Bertz CT molecular complexity index is 1250. The first-order valence-electron chi connectivity index (χ1n) is 13.6. The van der Waals surface area contributed by atoms with Crippen molar-refractivity contribution in [3.8, 4) is 17.2 Å². The largest absolute Gasteiger partial charge is 3.00 e. The maximum atomic E-state index is 11.4. The van der Waals surface area contributed by atoms with Crippen molar-refractivity contribution < 1.29 is 55.5 Å². The third-order valence-electron chi connectivity index (χ3n) is 4.04. The van der Waals surface area contributed by atoms with Gasteiger partial charge in [-0.05, 0) is 98.7 Å². The second-order valence-electron chi connectivity index (χ2n) is 12.2. The molecule has 0 radical (unpaired) electrons. The minimum absolute atomic E-state index is 0. The number of para-hydroxylation sites is 3. The number of rotatable bonds is 9. The molecule has 3 aromatic rings. The molecule has 3 atom stereocenters. The molecule has 252 valence electrons. The van der Waals surface area contributed by atoms with Crippen LogP contribution in [0.1, 0.15) is 62.3 Å². The van der Waals surface area contributed by atoms with E-state index in [1.54, 1.807) is 153 Å². The Morgan fingerprint density at radius 2 is 0.587 bits per heavy atom. The van der Waals surface area contributed by atoms with Crippen molar-refractivity contribution in [1.82, 2.24) is 0 Å². The summed E-state index contributed by atoms with van der Waals surface area (Å²) in [5.74, 6) is 0.750. The van der Waals surface area contributed by atoms with E-state index >= 15 is 0 Å². The third-order valence-corrected chi connectivity index (χ3v) is 7.66. The Morgan fingerprint density at radius 1 is 0.413 bits per heavy atom. The zero-order valence-corrected chi connectivity index (χ0v) is 31.3. The summed E-state index contributed by atoms with van der Waals surface area (Å²) in [6.45, 7) is 14.8. The number of phosphoric ester groups is 3. The molecule has 0 bridgehead atoms. The minimum atomic E-state index is -4.29. The van der Waals surface area contributed by atoms with E-state index in [4.69, 9.17) is 27.1 Å². The molecule has 0 heterocycles. The predicted molar refractivity (Wildman–Crippen MR) is 172 cm³/mol. The van der Waals surface area contributed by atoms with Crippen molar-refractivity contribution in [1.29, 1.82) is 0 Å². The van der Waals surface area contributed by atoms with Crippen LogP contribution in [0.15, 0.2) is 91.0 Å². The molecule has 12 nitrogen and oxygen atoms in total. The minimum Gasteiger partial charge on any atom is -0.746 e. The van der Waals surface area contributed by atoms with Crippen LogP contribution in [0.5, 0.6) is 17.2 Å². The second kappa shape index (κ2) is 18.5. The summed E-state index contributed by atoms with van der Waals surface area (Å²) in [4.78, 5) is 34.2. The van der Waals surface area contributed by atoms with Gasteiger partial charge in [0.1, 0.15) is 17.2 Å². The van der Waals surface area contributed by atoms with E-state index in [2.05, 4.69) is 0 Å². The van der Waals surface area contributed by atoms with E-state index in [1.807, 2.05) is 0 Å². The van der Waals surface area contributed by atoms with Gasteiger partial charge in [-0.1, -0.05) is 54.6 Å². The fourth-order valence-corrected chi connectivity index (χ4v) is 6.16. The summed E-state index contributed by atoms with van der Waals surface area (Å²) >= 11 is 0. The summed E-state index contributed by atoms with van der Waals surface area (Å²) < 4.78 is 62.9. The number of hydrogen-bond acceptors (Lipinski definition) is 12. The monoisotopic (exact) mass is 714 g/mol. The summed E-state index contributed by atoms with van der Waals surface area (Å²) in [5.41, 5.74) is -2.36. The van der Waals surface area contributed by atoms with E-state index in [-0.39, 0.29) is 34.6 Å². The molecule has 0 fully saturated rings. The third kappa shape index (κ3) is 23.4. The normalized spacial score (nSPS) is 15.4. The van der Waals surface area contributed by atoms with Gasteiger partial charge in [0.25, 0.3) is 0 Å². The second-order valence-corrected chi connectivity index (χ2v) is 15.9. The van der Waals surface area contributed by atoms with Gasteiger partial charge in [-0.2, -0.15) is 0 Å². The average Bonchev–Trinajstić information content (AvgIpc) is 2.81. The number of phosphoric acid groups is 3. The molecule has 16 heteroatoms. The van der Waals surface area contributed by atoms with Crippen LogP contribution in [0.2, 0.25) is 0 Å². The van der Waals surface area contributed by atoms with Crippen molar-refractivity contribution in [2.45, 2.75) is 79.1 Å². The molecule has 0 saturated carbocycles. The molecule has 0 saturated heterocycles. The molecule has 0 aromatic heterocycles. The predicted octanol–water partition coefficient (Wildman–Crippen LogP) is 6.67. The van der Waals surface area contributed by atoms with E-state index in [0.717, 1.165) is 0 Å². The van der Waals surface area contributed by atoms with Crippen LogP contribution in [0, 0.1) is 0 Å². The molecule has 0 aliphatic heterocycles. The van der Waals surface area contributed by atoms with Gasteiger partial charge >= 0.3 is 40.8 Å². The summed E-state index contributed by atoms with van der Waals surface area (Å²) in [5, 5.41) is 0. The van der Waals surface area contributed by atoms with Crippen LogP contribution in [-0.2, 0) is 27.3 Å². The van der Waals surface area contributed by atoms with Gasteiger partial charge in [0.15, 0.2) is 0 Å². The van der Waals surface area contributed by atoms with Crippen molar-refractivity contribution >= 4 is 40.8 Å². The molecule has 0 spiro atoms. The molecular formula is C30H42AlO12P3. The van der Waals surface area contributed by atoms with Crippen LogP contribution in [-0.4, -0.2) is 34.2 Å². The summed E-state index contributed by atoms with van der Waals surface area (Å²) in [6.07, 6.45) is 0. The Morgan fingerprint density at radius 3 is 0.739 bits per heavy atom. The van der Waals surface area contributed by atoms with E-state index < -0.39 is 40.3 Å². The van der Waals surface area contributed by atoms with Gasteiger partial charge in [-0.15, -0.1) is 0 Å². The van der Waals surface area contributed by atoms with Crippen LogP contribution < -0.4 is 28.3 Å². The van der Waals surface area contributed by atoms with Crippen LogP contribution in [0.4, 0.5) is 0 Å². The van der Waals surface area contributed by atoms with E-state index in [1.165, 1.54) is 0 Å². The van der Waals surface area contributed by atoms with E-state index in [9.17, 15) is 28.4 Å². The van der Waals surface area contributed by atoms with Gasteiger partial charge in [0.2, 0.25) is 0 Å². The first kappa shape index (κ1) is 44.0. The van der Waals surface area contributed by atoms with Crippen molar-refractivity contribution in [3.63, 3.8) is 0 Å². The van der Waals surface area contributed by atoms with Crippen molar-refractivity contribution in [2.75, 3.05) is 0 Å². The van der Waals surface area contributed by atoms with Crippen LogP contribution in [0.25, 0.3) is 0 Å². The van der Waals surface area contributed by atoms with Gasteiger partial charge < -0.3 is 41.8 Å². The maximum absolute atomic E-state index is 11.4. The molecule has 0 amide bonds. The molecule has 3 unspecified atom stereocenters. The van der Waals surface area contributed by atoms with Gasteiger partial charge in [0, 0.05) is 0 Å². The topological polar surface area (TPSA) is 176 Å². The smallest absolute Gasteiger partial charge is 0.746 e. The fraction of sp³-hybridized carbons (Fsp3) is 0.400. The average molecular weight is 715 g/mol. The van der Waals surface area contributed by atoms with Crippen LogP contribution in [0.3, 0.4) is 0 Å². The van der Waals surface area contributed by atoms with Gasteiger partial charge in [0.05, 0.1) is 16.8 Å². The van der Waals surface area contributed by atoms with E-state index in [0.29, 0.717) is 0 Å². The van der Waals surface area contributed by atoms with Crippen molar-refractivity contribution in [2.24, 2.45) is 0 Å². The summed E-state index contributed by atoms with van der Waals surface area (Å²) in [7, 11) is -12.9. The molecule has 0 aliphatic carbocycles. The first-order valence-corrected chi connectivity index (χ1v) is 18.0. The fourth-order valence-electron chi connectivity index (χ4n) is 2.89. The Labute approximate surface area is 283 Å². The molecule has 0 aliphatic rings. The number of hydrogen-bond donors (Lipinski definition) is 0. The zero-order valence-electron chi connectivity index (χ0n) is 27.5.